The van der Waals surface area contributed by atoms with Crippen LogP contribution in [0.4, 0.5) is 0 Å². The van der Waals surface area contributed by atoms with Gasteiger partial charge in [-0.1, -0.05) is 41.9 Å². The SMILES string of the molecule is COC(=O)COc1c(Cl)cc(C=Nn2c(-c3cc4ccccc4o3)nc3ccccc3c2=O)cc1OC. The van der Waals surface area contributed by atoms with Gasteiger partial charge in [-0.3, -0.25) is 4.79 Å². The number of ether oxygens (including phenoxy) is 3. The molecule has 2 heterocycles. The largest absolute Gasteiger partial charge is 0.493 e. The molecule has 5 rings (SSSR count). The van der Waals surface area contributed by atoms with E-state index in [9.17, 15) is 9.59 Å². The molecule has 0 saturated heterocycles. The highest BCUT2D eigenvalue weighted by Crippen LogP contribution is 2.36. The molecule has 3 aromatic carbocycles. The highest BCUT2D eigenvalue weighted by atomic mass is 35.5. The van der Waals surface area contributed by atoms with Gasteiger partial charge < -0.3 is 18.6 Å². The molecule has 9 nitrogen and oxygen atoms in total. The molecular weight excluding hydrogens is 498 g/mol. The number of methoxy groups -OCH3 is 2. The van der Waals surface area contributed by atoms with E-state index >= 15 is 0 Å². The summed E-state index contributed by atoms with van der Waals surface area (Å²) in [5, 5.41) is 5.89. The third-order valence-electron chi connectivity index (χ3n) is 5.54. The number of rotatable bonds is 7. The lowest BCUT2D eigenvalue weighted by Gasteiger charge is -2.12. The van der Waals surface area contributed by atoms with E-state index in [1.165, 1.54) is 25.1 Å². The molecule has 2 aromatic heterocycles. The van der Waals surface area contributed by atoms with Crippen molar-refractivity contribution in [2.45, 2.75) is 0 Å². The average Bonchev–Trinajstić information content (AvgIpc) is 3.35. The predicted molar refractivity (Wildman–Crippen MR) is 140 cm³/mol. The van der Waals surface area contributed by atoms with Crippen molar-refractivity contribution in [2.24, 2.45) is 5.10 Å². The van der Waals surface area contributed by atoms with Gasteiger partial charge in [0, 0.05) is 5.39 Å². The number of aromatic nitrogens is 2. The molecule has 0 N–H and O–H groups in total. The monoisotopic (exact) mass is 517 g/mol. The summed E-state index contributed by atoms with van der Waals surface area (Å²) in [5.41, 5.74) is 1.33. The van der Waals surface area contributed by atoms with Crippen LogP contribution in [0.5, 0.6) is 11.5 Å². The van der Waals surface area contributed by atoms with E-state index in [0.29, 0.717) is 27.8 Å². The first kappa shape index (κ1) is 24.1. The summed E-state index contributed by atoms with van der Waals surface area (Å²) >= 11 is 6.39. The first-order valence-electron chi connectivity index (χ1n) is 11.1. The Morgan fingerprint density at radius 1 is 1.11 bits per heavy atom. The van der Waals surface area contributed by atoms with E-state index in [2.05, 4.69) is 14.8 Å². The van der Waals surface area contributed by atoms with Gasteiger partial charge in [-0.05, 0) is 42.0 Å². The van der Waals surface area contributed by atoms with E-state index in [-0.39, 0.29) is 34.5 Å². The van der Waals surface area contributed by atoms with Crippen molar-refractivity contribution in [2.75, 3.05) is 20.8 Å². The summed E-state index contributed by atoms with van der Waals surface area (Å²) in [6.07, 6.45) is 1.45. The second kappa shape index (κ2) is 10.2. The van der Waals surface area contributed by atoms with Crippen LogP contribution >= 0.6 is 11.6 Å². The fraction of sp³-hybridized carbons (Fsp3) is 0.111. The van der Waals surface area contributed by atoms with E-state index in [0.717, 1.165) is 5.39 Å². The van der Waals surface area contributed by atoms with Crippen molar-refractivity contribution in [1.82, 2.24) is 9.66 Å². The van der Waals surface area contributed by atoms with Crippen molar-refractivity contribution in [1.29, 1.82) is 0 Å². The first-order chi connectivity index (χ1) is 18.0. The normalized spacial score (nSPS) is 11.3. The standard InChI is InChI=1S/C27H20ClN3O6/c1-34-22-12-16(11-19(28)25(22)36-15-24(32)35-2)14-29-31-26(23-13-17-7-3-6-10-21(17)37-23)30-20-9-5-4-8-18(20)27(31)33/h3-14H,15H2,1-2H3. The smallest absolute Gasteiger partial charge is 0.343 e. The van der Waals surface area contributed by atoms with E-state index in [4.69, 9.17) is 25.5 Å². The number of halogens is 1. The Hall–Kier alpha value is -4.63. The molecule has 0 spiro atoms. The average molecular weight is 518 g/mol. The van der Waals surface area contributed by atoms with Gasteiger partial charge in [-0.15, -0.1) is 0 Å². The molecule has 0 unspecified atom stereocenters. The maximum absolute atomic E-state index is 13.4. The Morgan fingerprint density at radius 2 is 1.89 bits per heavy atom. The van der Waals surface area contributed by atoms with Gasteiger partial charge in [0.25, 0.3) is 5.56 Å². The minimum absolute atomic E-state index is 0.180. The highest BCUT2D eigenvalue weighted by Gasteiger charge is 2.17. The van der Waals surface area contributed by atoms with Crippen LogP contribution in [-0.2, 0) is 9.53 Å². The fourth-order valence-corrected chi connectivity index (χ4v) is 4.02. The molecule has 0 aliphatic heterocycles. The summed E-state index contributed by atoms with van der Waals surface area (Å²) in [5.74, 6) is 0.527. The first-order valence-corrected chi connectivity index (χ1v) is 11.5. The third kappa shape index (κ3) is 4.76. The van der Waals surface area contributed by atoms with Gasteiger partial charge in [-0.2, -0.15) is 9.78 Å². The second-order valence-corrected chi connectivity index (χ2v) is 8.27. The molecule has 0 atom stereocenters. The number of para-hydroxylation sites is 2. The molecule has 186 valence electrons. The van der Waals surface area contributed by atoms with Crippen molar-refractivity contribution < 1.29 is 23.4 Å². The van der Waals surface area contributed by atoms with Crippen LogP contribution in [0, 0.1) is 0 Å². The van der Waals surface area contributed by atoms with Gasteiger partial charge in [0.1, 0.15) is 5.58 Å². The molecule has 5 aromatic rings. The second-order valence-electron chi connectivity index (χ2n) is 7.86. The lowest BCUT2D eigenvalue weighted by Crippen LogP contribution is -2.20. The highest BCUT2D eigenvalue weighted by molar-refractivity contribution is 6.32. The third-order valence-corrected chi connectivity index (χ3v) is 5.82. The Kier molecular flexibility index (Phi) is 6.61. The number of hydrogen-bond acceptors (Lipinski definition) is 8. The van der Waals surface area contributed by atoms with Gasteiger partial charge in [0.15, 0.2) is 23.9 Å². The molecule has 37 heavy (non-hydrogen) atoms. The Morgan fingerprint density at radius 3 is 2.68 bits per heavy atom. The molecule has 10 heteroatoms. The van der Waals surface area contributed by atoms with Crippen LogP contribution in [0.2, 0.25) is 5.02 Å². The topological polar surface area (TPSA) is 105 Å². The summed E-state index contributed by atoms with van der Waals surface area (Å²) in [7, 11) is 2.70. The number of fused-ring (bicyclic) bond motifs is 2. The minimum Gasteiger partial charge on any atom is -0.493 e. The molecule has 0 bridgehead atoms. The zero-order valence-electron chi connectivity index (χ0n) is 19.8. The maximum atomic E-state index is 13.4. The number of hydrogen-bond donors (Lipinski definition) is 0. The molecular formula is C27H20ClN3O6. The van der Waals surface area contributed by atoms with E-state index in [1.807, 2.05) is 36.4 Å². The quantitative estimate of drug-likeness (QED) is 0.223. The molecule has 0 amide bonds. The lowest BCUT2D eigenvalue weighted by molar-refractivity contribution is -0.142. The van der Waals surface area contributed by atoms with Crippen molar-refractivity contribution in [3.63, 3.8) is 0 Å². The zero-order valence-corrected chi connectivity index (χ0v) is 20.6. The van der Waals surface area contributed by atoms with Gasteiger partial charge in [-0.25, -0.2) is 9.78 Å². The number of nitrogens with zero attached hydrogens (tertiary/aromatic N) is 3. The molecule has 0 saturated carbocycles. The summed E-state index contributed by atoms with van der Waals surface area (Å²) in [6.45, 7) is -0.334. The van der Waals surface area contributed by atoms with Crippen LogP contribution in [0.25, 0.3) is 33.5 Å². The van der Waals surface area contributed by atoms with Crippen LogP contribution in [-0.4, -0.2) is 42.7 Å². The Balaban J connectivity index is 1.60. The van der Waals surface area contributed by atoms with Crippen LogP contribution in [0.3, 0.4) is 0 Å². The van der Waals surface area contributed by atoms with Crippen LogP contribution < -0.4 is 15.0 Å². The molecule has 0 aliphatic carbocycles. The van der Waals surface area contributed by atoms with Gasteiger partial charge in [0.2, 0.25) is 5.82 Å². The Labute approximate surface area is 215 Å². The van der Waals surface area contributed by atoms with Gasteiger partial charge >= 0.3 is 5.97 Å². The number of esters is 1. The van der Waals surface area contributed by atoms with Crippen LogP contribution in [0.15, 0.2) is 81.0 Å². The Bertz CT molecular complexity index is 1690. The molecule has 0 aliphatic rings. The minimum atomic E-state index is -0.565. The maximum Gasteiger partial charge on any atom is 0.343 e. The summed E-state index contributed by atoms with van der Waals surface area (Å²) in [4.78, 5) is 29.6. The van der Waals surface area contributed by atoms with Crippen molar-refractivity contribution in [3.05, 3.63) is 87.7 Å². The molecule has 0 radical (unpaired) electrons. The predicted octanol–water partition coefficient (Wildman–Crippen LogP) is 4.91. The van der Waals surface area contributed by atoms with Crippen LogP contribution in [0.1, 0.15) is 5.56 Å². The number of carbonyl (C=O) groups excluding carboxylic acids is 1. The fourth-order valence-electron chi connectivity index (χ4n) is 3.75. The zero-order chi connectivity index (χ0) is 25.9. The number of benzene rings is 3. The van der Waals surface area contributed by atoms with E-state index in [1.54, 1.807) is 30.3 Å². The summed E-state index contributed by atoms with van der Waals surface area (Å²) < 4.78 is 22.6. The lowest BCUT2D eigenvalue weighted by atomic mass is 10.2. The summed E-state index contributed by atoms with van der Waals surface area (Å²) in [6, 6.07) is 19.5. The molecule has 0 fully saturated rings. The van der Waals surface area contributed by atoms with Crippen molar-refractivity contribution in [3.8, 4) is 23.1 Å². The van der Waals surface area contributed by atoms with E-state index < -0.39 is 5.97 Å². The number of furan rings is 1. The number of carbonyl (C=O) groups is 1. The van der Waals surface area contributed by atoms with Crippen molar-refractivity contribution >= 4 is 45.7 Å². The van der Waals surface area contributed by atoms with Gasteiger partial charge in [0.05, 0.1) is 36.4 Å².